The van der Waals surface area contributed by atoms with Crippen molar-refractivity contribution in [2.24, 2.45) is 5.73 Å². The number of carbonyl (C=O) groups is 1. The molecule has 0 amide bonds. The molecule has 1 aromatic carbocycles. The van der Waals surface area contributed by atoms with Gasteiger partial charge in [0, 0.05) is 12.5 Å². The van der Waals surface area contributed by atoms with E-state index in [2.05, 4.69) is 4.98 Å². The second-order valence-electron chi connectivity index (χ2n) is 5.98. The molecule has 0 saturated carbocycles. The fourth-order valence-electron chi connectivity index (χ4n) is 2.74. The number of methoxy groups -OCH3 is 1. The number of oxazole rings is 1. The van der Waals surface area contributed by atoms with Gasteiger partial charge in [-0.15, -0.1) is 0 Å². The number of carbonyl (C=O) groups excluding carboxylic acids is 1. The summed E-state index contributed by atoms with van der Waals surface area (Å²) in [5.41, 5.74) is 6.38. The van der Waals surface area contributed by atoms with Gasteiger partial charge in [0.05, 0.1) is 19.2 Å². The average molecular weight is 394 g/mol. The largest absolute Gasteiger partial charge is 0.496 e. The zero-order valence-electron chi connectivity index (χ0n) is 16.0. The first kappa shape index (κ1) is 21.4. The summed E-state index contributed by atoms with van der Waals surface area (Å²) in [6.45, 7) is 4.33. The highest BCUT2D eigenvalue weighted by molar-refractivity contribution is 5.93. The zero-order valence-corrected chi connectivity index (χ0v) is 16.0. The fraction of sp³-hybridized carbons (Fsp3) is 0.300. The van der Waals surface area contributed by atoms with E-state index >= 15 is 0 Å². The highest BCUT2D eigenvalue weighted by atomic mass is 19.4. The second kappa shape index (κ2) is 8.43. The third-order valence-electron chi connectivity index (χ3n) is 4.20. The molecule has 0 atom stereocenters. The average Bonchev–Trinajstić information content (AvgIpc) is 3.06. The number of rotatable bonds is 6. The SMILES string of the molecule is C/C=C(/C=C\c1c(-c2nc(C(C)=O)c(CN)o2)ccc(OC)c1C)C(F)(F)F. The minimum absolute atomic E-state index is 0.0288. The highest BCUT2D eigenvalue weighted by Crippen LogP contribution is 2.35. The number of halogens is 3. The molecule has 8 heteroatoms. The molecule has 2 N–H and O–H groups in total. The van der Waals surface area contributed by atoms with Crippen LogP contribution in [0.3, 0.4) is 0 Å². The number of aromatic nitrogens is 1. The van der Waals surface area contributed by atoms with Crippen molar-refractivity contribution in [3.63, 3.8) is 0 Å². The van der Waals surface area contributed by atoms with E-state index in [0.29, 0.717) is 22.4 Å². The maximum Gasteiger partial charge on any atom is 0.416 e. The summed E-state index contributed by atoms with van der Waals surface area (Å²) >= 11 is 0. The number of ether oxygens (including phenoxy) is 1. The van der Waals surface area contributed by atoms with Crippen LogP contribution in [-0.4, -0.2) is 24.1 Å². The summed E-state index contributed by atoms with van der Waals surface area (Å²) in [6.07, 6.45) is -1.19. The molecular weight excluding hydrogens is 373 g/mol. The topological polar surface area (TPSA) is 78.4 Å². The molecule has 2 rings (SSSR count). The standard InChI is InChI=1S/C20H21F3N2O3/c1-5-13(20(21,22)23)6-7-14-11(2)16(27-4)9-8-15(14)19-25-18(12(3)26)17(10-24)28-19/h5-9H,10,24H2,1-4H3/b7-6-,13-5-. The van der Waals surface area contributed by atoms with E-state index in [1.165, 1.54) is 27.0 Å². The quantitative estimate of drug-likeness (QED) is 0.560. The Morgan fingerprint density at radius 2 is 2.04 bits per heavy atom. The molecule has 0 aliphatic heterocycles. The summed E-state index contributed by atoms with van der Waals surface area (Å²) in [5.74, 6) is 0.501. The van der Waals surface area contributed by atoms with Crippen molar-refractivity contribution >= 4 is 11.9 Å². The van der Waals surface area contributed by atoms with E-state index in [4.69, 9.17) is 14.9 Å². The van der Waals surface area contributed by atoms with Gasteiger partial charge in [0.25, 0.3) is 0 Å². The lowest BCUT2D eigenvalue weighted by Gasteiger charge is -2.12. The first-order chi connectivity index (χ1) is 13.1. The lowest BCUT2D eigenvalue weighted by molar-refractivity contribution is -0.0882. The van der Waals surface area contributed by atoms with Gasteiger partial charge in [0.2, 0.25) is 5.89 Å². The summed E-state index contributed by atoms with van der Waals surface area (Å²) in [7, 11) is 1.47. The maximum atomic E-state index is 13.1. The zero-order chi connectivity index (χ0) is 21.1. The van der Waals surface area contributed by atoms with E-state index in [1.54, 1.807) is 19.1 Å². The molecule has 0 radical (unpaired) electrons. The second-order valence-corrected chi connectivity index (χ2v) is 5.98. The minimum atomic E-state index is -4.48. The molecule has 0 fully saturated rings. The fourth-order valence-corrected chi connectivity index (χ4v) is 2.74. The molecule has 28 heavy (non-hydrogen) atoms. The molecule has 0 saturated heterocycles. The predicted octanol–water partition coefficient (Wildman–Crippen LogP) is 4.84. The van der Waals surface area contributed by atoms with Gasteiger partial charge in [-0.25, -0.2) is 4.98 Å². The summed E-state index contributed by atoms with van der Waals surface area (Å²) in [5, 5.41) is 0. The Bertz CT molecular complexity index is 941. The third-order valence-corrected chi connectivity index (χ3v) is 4.20. The Morgan fingerprint density at radius 1 is 1.36 bits per heavy atom. The Morgan fingerprint density at radius 3 is 2.50 bits per heavy atom. The van der Waals surface area contributed by atoms with Crippen molar-refractivity contribution in [1.29, 1.82) is 0 Å². The number of alkyl halides is 3. The van der Waals surface area contributed by atoms with Crippen LogP contribution in [0.5, 0.6) is 5.75 Å². The number of Topliss-reactive ketones (excluding diaryl/α,β-unsaturated/α-hetero) is 1. The van der Waals surface area contributed by atoms with E-state index < -0.39 is 11.7 Å². The molecular formula is C20H21F3N2O3. The summed E-state index contributed by atoms with van der Waals surface area (Å²) in [4.78, 5) is 15.9. The number of allylic oxidation sites excluding steroid dienone is 3. The van der Waals surface area contributed by atoms with Crippen LogP contribution in [0.1, 0.15) is 41.2 Å². The van der Waals surface area contributed by atoms with Crippen LogP contribution in [0.2, 0.25) is 0 Å². The van der Waals surface area contributed by atoms with Crippen LogP contribution in [0.25, 0.3) is 17.5 Å². The van der Waals surface area contributed by atoms with Crippen molar-refractivity contribution in [3.8, 4) is 17.2 Å². The summed E-state index contributed by atoms with van der Waals surface area (Å²) < 4.78 is 50.1. The Hall–Kier alpha value is -2.87. The molecule has 0 unspecified atom stereocenters. The van der Waals surface area contributed by atoms with Crippen LogP contribution in [-0.2, 0) is 6.54 Å². The Balaban J connectivity index is 2.67. The molecule has 2 aromatic rings. The maximum absolute atomic E-state index is 13.1. The number of nitrogens with zero attached hydrogens (tertiary/aromatic N) is 1. The van der Waals surface area contributed by atoms with Crippen LogP contribution in [0.4, 0.5) is 13.2 Å². The smallest absolute Gasteiger partial charge is 0.416 e. The number of benzene rings is 1. The van der Waals surface area contributed by atoms with Gasteiger partial charge in [-0.2, -0.15) is 13.2 Å². The third kappa shape index (κ3) is 4.33. The van der Waals surface area contributed by atoms with Crippen molar-refractivity contribution in [2.75, 3.05) is 7.11 Å². The first-order valence-electron chi connectivity index (χ1n) is 8.44. The number of hydrogen-bond acceptors (Lipinski definition) is 5. The lowest BCUT2D eigenvalue weighted by atomic mass is 9.99. The van der Waals surface area contributed by atoms with Crippen LogP contribution < -0.4 is 10.5 Å². The van der Waals surface area contributed by atoms with Gasteiger partial charge in [-0.05, 0) is 43.2 Å². The molecule has 150 valence electrons. The molecule has 5 nitrogen and oxygen atoms in total. The minimum Gasteiger partial charge on any atom is -0.496 e. The Labute approximate surface area is 160 Å². The lowest BCUT2D eigenvalue weighted by Crippen LogP contribution is -2.09. The van der Waals surface area contributed by atoms with Crippen molar-refractivity contribution in [2.45, 2.75) is 33.5 Å². The van der Waals surface area contributed by atoms with Crippen molar-refractivity contribution in [1.82, 2.24) is 4.98 Å². The summed E-state index contributed by atoms with van der Waals surface area (Å²) in [6, 6.07) is 3.27. The van der Waals surface area contributed by atoms with Crippen LogP contribution in [0.15, 0.2) is 34.3 Å². The molecule has 1 aromatic heterocycles. The molecule has 0 spiro atoms. The van der Waals surface area contributed by atoms with Gasteiger partial charge in [0.1, 0.15) is 17.2 Å². The molecule has 0 bridgehead atoms. The van der Waals surface area contributed by atoms with Gasteiger partial charge < -0.3 is 14.9 Å². The van der Waals surface area contributed by atoms with Gasteiger partial charge in [-0.3, -0.25) is 4.79 Å². The van der Waals surface area contributed by atoms with E-state index in [1.807, 2.05) is 0 Å². The van der Waals surface area contributed by atoms with Crippen molar-refractivity contribution < 1.29 is 27.1 Å². The van der Waals surface area contributed by atoms with Crippen LogP contribution in [0, 0.1) is 6.92 Å². The molecule has 1 heterocycles. The number of hydrogen-bond donors (Lipinski definition) is 1. The van der Waals surface area contributed by atoms with E-state index in [9.17, 15) is 18.0 Å². The monoisotopic (exact) mass is 394 g/mol. The van der Waals surface area contributed by atoms with E-state index in [-0.39, 0.29) is 29.7 Å². The number of nitrogens with two attached hydrogens (primary N) is 1. The molecule has 0 aliphatic carbocycles. The first-order valence-corrected chi connectivity index (χ1v) is 8.44. The highest BCUT2D eigenvalue weighted by Gasteiger charge is 2.31. The van der Waals surface area contributed by atoms with E-state index in [0.717, 1.165) is 12.2 Å². The van der Waals surface area contributed by atoms with Gasteiger partial charge in [0.15, 0.2) is 5.78 Å². The number of ketones is 1. The predicted molar refractivity (Wildman–Crippen MR) is 100.0 cm³/mol. The van der Waals surface area contributed by atoms with Crippen molar-refractivity contribution in [3.05, 3.63) is 52.4 Å². The molecule has 0 aliphatic rings. The van der Waals surface area contributed by atoms with Crippen LogP contribution >= 0.6 is 0 Å². The normalized spacial score (nSPS) is 12.6. The van der Waals surface area contributed by atoms with Gasteiger partial charge >= 0.3 is 6.18 Å². The van der Waals surface area contributed by atoms with Gasteiger partial charge in [-0.1, -0.05) is 12.2 Å². The Kier molecular flexibility index (Phi) is 6.45.